The number of carbonyl (C=O) groups excluding carboxylic acids is 3. The van der Waals surface area contributed by atoms with E-state index in [9.17, 15) is 18.8 Å². The fourth-order valence-electron chi connectivity index (χ4n) is 5.82. The van der Waals surface area contributed by atoms with Gasteiger partial charge in [0.25, 0.3) is 5.91 Å². The molecule has 0 spiro atoms. The van der Waals surface area contributed by atoms with E-state index in [1.165, 1.54) is 12.1 Å². The van der Waals surface area contributed by atoms with Gasteiger partial charge in [-0.15, -0.1) is 0 Å². The molecule has 0 aliphatic heterocycles. The second-order valence-electron chi connectivity index (χ2n) is 15.1. The molecular formula is C43H49FN4O6. The summed E-state index contributed by atoms with van der Waals surface area (Å²) < 4.78 is 30.7. The van der Waals surface area contributed by atoms with Crippen LogP contribution in [0.4, 0.5) is 14.0 Å². The molecule has 5 rings (SSSR count). The maximum Gasteiger partial charge on any atom is 0.407 e. The van der Waals surface area contributed by atoms with Crippen LogP contribution in [0.1, 0.15) is 70.4 Å². The SMILES string of the molecule is CC(C)(C)OC(=O)NCCC[C@@H](CNC(=O)c1[nH]c2ccc(-c3ccc(F)cc3)cc2c1-c1cccc(OCc2ccccc2)c1)NC(=O)OC(C)(C)C. The Morgan fingerprint density at radius 1 is 0.741 bits per heavy atom. The van der Waals surface area contributed by atoms with E-state index in [4.69, 9.17) is 14.2 Å². The first-order valence-corrected chi connectivity index (χ1v) is 18.1. The zero-order chi connectivity index (χ0) is 38.9. The van der Waals surface area contributed by atoms with Crippen LogP contribution < -0.4 is 20.7 Å². The molecule has 0 aliphatic carbocycles. The van der Waals surface area contributed by atoms with Gasteiger partial charge in [0.15, 0.2) is 0 Å². The van der Waals surface area contributed by atoms with E-state index in [0.29, 0.717) is 43.0 Å². The number of nitrogens with one attached hydrogen (secondary N) is 4. The van der Waals surface area contributed by atoms with Crippen LogP contribution in [0.5, 0.6) is 5.75 Å². The van der Waals surface area contributed by atoms with E-state index in [1.807, 2.05) is 72.8 Å². The Morgan fingerprint density at radius 3 is 2.13 bits per heavy atom. The van der Waals surface area contributed by atoms with Gasteiger partial charge in [0.05, 0.1) is 0 Å². The highest BCUT2D eigenvalue weighted by atomic mass is 19.1. The van der Waals surface area contributed by atoms with Crippen molar-refractivity contribution in [2.45, 2.75) is 78.2 Å². The number of hydrogen-bond donors (Lipinski definition) is 4. The van der Waals surface area contributed by atoms with E-state index in [0.717, 1.165) is 33.2 Å². The third kappa shape index (κ3) is 11.6. The highest BCUT2D eigenvalue weighted by Crippen LogP contribution is 2.37. The number of amides is 3. The minimum atomic E-state index is -0.721. The standard InChI is InChI=1S/C43H49FN4O6/c1-42(2,3)53-40(50)45-23-11-15-33(47-41(51)54-43(4,5)6)26-46-39(49)38-37(31-14-10-16-34(24-31)52-27-28-12-8-7-9-13-28)35-25-30(19-22-36(35)48-38)29-17-20-32(44)21-18-29/h7-10,12-14,16-22,24-25,33,48H,11,15,23,26-27H2,1-6H3,(H,45,50)(H,46,49)(H,47,51)/t33-/m0/s1. The Kier molecular flexibility index (Phi) is 12.6. The Morgan fingerprint density at radius 2 is 1.43 bits per heavy atom. The second kappa shape index (κ2) is 17.3. The number of fused-ring (bicyclic) bond motifs is 1. The highest BCUT2D eigenvalue weighted by Gasteiger charge is 2.24. The summed E-state index contributed by atoms with van der Waals surface area (Å²) in [5.41, 5.74) is 3.82. The number of aromatic amines is 1. The van der Waals surface area contributed by atoms with Crippen LogP contribution >= 0.6 is 0 Å². The molecule has 5 aromatic rings. The Hall–Kier alpha value is -5.84. The number of ether oxygens (including phenoxy) is 3. The van der Waals surface area contributed by atoms with Crippen molar-refractivity contribution in [3.8, 4) is 28.0 Å². The van der Waals surface area contributed by atoms with Gasteiger partial charge in [0.2, 0.25) is 0 Å². The lowest BCUT2D eigenvalue weighted by Crippen LogP contribution is -2.46. The van der Waals surface area contributed by atoms with Crippen molar-refractivity contribution in [1.29, 1.82) is 0 Å². The quantitative estimate of drug-likeness (QED) is 0.0893. The first-order chi connectivity index (χ1) is 25.6. The van der Waals surface area contributed by atoms with E-state index in [-0.39, 0.29) is 18.3 Å². The zero-order valence-corrected chi connectivity index (χ0v) is 31.7. The predicted octanol–water partition coefficient (Wildman–Crippen LogP) is 9.15. The lowest BCUT2D eigenvalue weighted by Gasteiger charge is -2.24. The van der Waals surface area contributed by atoms with Gasteiger partial charge >= 0.3 is 12.2 Å². The molecule has 0 radical (unpaired) electrons. The van der Waals surface area contributed by atoms with Crippen molar-refractivity contribution >= 4 is 29.0 Å². The maximum atomic E-state index is 14.1. The number of H-pyrrole nitrogens is 1. The molecule has 0 aliphatic rings. The molecule has 0 unspecified atom stereocenters. The van der Waals surface area contributed by atoms with E-state index >= 15 is 0 Å². The van der Waals surface area contributed by atoms with E-state index < -0.39 is 29.4 Å². The molecule has 1 atom stereocenters. The second-order valence-corrected chi connectivity index (χ2v) is 15.1. The van der Waals surface area contributed by atoms with Gasteiger partial charge in [0.1, 0.15) is 35.1 Å². The number of hydrogen-bond acceptors (Lipinski definition) is 6. The summed E-state index contributed by atoms with van der Waals surface area (Å²) in [6.07, 6.45) is -0.226. The Bertz CT molecular complexity index is 2050. The van der Waals surface area contributed by atoms with Crippen LogP contribution in [0.15, 0.2) is 97.1 Å². The van der Waals surface area contributed by atoms with E-state index in [2.05, 4.69) is 20.9 Å². The fraction of sp³-hybridized carbons (Fsp3) is 0.326. The predicted molar refractivity (Wildman–Crippen MR) is 209 cm³/mol. The normalized spacial score (nSPS) is 12.1. The molecule has 0 bridgehead atoms. The Labute approximate surface area is 315 Å². The molecule has 0 fully saturated rings. The smallest absolute Gasteiger partial charge is 0.407 e. The first kappa shape index (κ1) is 39.4. The fourth-order valence-corrected chi connectivity index (χ4v) is 5.82. The molecule has 4 N–H and O–H groups in total. The molecule has 0 saturated carbocycles. The first-order valence-electron chi connectivity index (χ1n) is 18.1. The van der Waals surface area contributed by atoms with Crippen molar-refractivity contribution in [2.24, 2.45) is 0 Å². The molecule has 10 nitrogen and oxygen atoms in total. The maximum absolute atomic E-state index is 14.1. The zero-order valence-electron chi connectivity index (χ0n) is 31.7. The van der Waals surface area contributed by atoms with Gasteiger partial charge in [-0.05, 0) is 113 Å². The minimum Gasteiger partial charge on any atom is -0.489 e. The van der Waals surface area contributed by atoms with Gasteiger partial charge in [-0.2, -0.15) is 0 Å². The van der Waals surface area contributed by atoms with Crippen LogP contribution in [0, 0.1) is 5.82 Å². The van der Waals surface area contributed by atoms with Crippen molar-refractivity contribution in [1.82, 2.24) is 20.9 Å². The third-order valence-corrected chi connectivity index (χ3v) is 8.20. The molecule has 284 valence electrons. The summed E-state index contributed by atoms with van der Waals surface area (Å²) in [7, 11) is 0. The summed E-state index contributed by atoms with van der Waals surface area (Å²) in [5.74, 6) is -0.0800. The number of alkyl carbamates (subject to hydrolysis) is 2. The third-order valence-electron chi connectivity index (χ3n) is 8.20. The van der Waals surface area contributed by atoms with Crippen LogP contribution in [0.25, 0.3) is 33.2 Å². The van der Waals surface area contributed by atoms with Gasteiger partial charge in [-0.1, -0.05) is 60.7 Å². The molecule has 54 heavy (non-hydrogen) atoms. The summed E-state index contributed by atoms with van der Waals surface area (Å²) in [5, 5.41) is 9.40. The number of rotatable bonds is 13. The van der Waals surface area contributed by atoms with Crippen LogP contribution in [0.2, 0.25) is 0 Å². The summed E-state index contributed by atoms with van der Waals surface area (Å²) in [4.78, 5) is 42.4. The molecule has 1 heterocycles. The van der Waals surface area contributed by atoms with Crippen molar-refractivity contribution in [2.75, 3.05) is 13.1 Å². The molecule has 1 aromatic heterocycles. The summed E-state index contributed by atoms with van der Waals surface area (Å²) in [6.45, 7) is 11.4. The van der Waals surface area contributed by atoms with Gasteiger partial charge in [-0.25, -0.2) is 14.0 Å². The monoisotopic (exact) mass is 736 g/mol. The highest BCUT2D eigenvalue weighted by molar-refractivity contribution is 6.10. The lowest BCUT2D eigenvalue weighted by molar-refractivity contribution is 0.0487. The average Bonchev–Trinajstić information content (AvgIpc) is 3.50. The Balaban J connectivity index is 1.41. The molecular weight excluding hydrogens is 687 g/mol. The van der Waals surface area contributed by atoms with Crippen LogP contribution in [0.3, 0.4) is 0 Å². The summed E-state index contributed by atoms with van der Waals surface area (Å²) in [6, 6.07) is 29.0. The molecule has 11 heteroatoms. The van der Waals surface area contributed by atoms with Crippen LogP contribution in [-0.4, -0.2) is 53.4 Å². The number of carbonyl (C=O) groups is 3. The van der Waals surface area contributed by atoms with Gasteiger partial charge in [-0.3, -0.25) is 4.79 Å². The molecule has 4 aromatic carbocycles. The van der Waals surface area contributed by atoms with Crippen molar-refractivity contribution in [3.05, 3.63) is 114 Å². The van der Waals surface area contributed by atoms with Crippen molar-refractivity contribution < 1.29 is 33.0 Å². The van der Waals surface area contributed by atoms with Gasteiger partial charge in [0, 0.05) is 35.6 Å². The average molecular weight is 737 g/mol. The van der Waals surface area contributed by atoms with Crippen molar-refractivity contribution in [3.63, 3.8) is 0 Å². The summed E-state index contributed by atoms with van der Waals surface area (Å²) >= 11 is 0. The van der Waals surface area contributed by atoms with Gasteiger partial charge < -0.3 is 35.1 Å². The molecule has 0 saturated heterocycles. The molecule has 3 amide bonds. The number of benzene rings is 4. The number of halogens is 1. The largest absolute Gasteiger partial charge is 0.489 e. The van der Waals surface area contributed by atoms with Crippen LogP contribution in [-0.2, 0) is 16.1 Å². The van der Waals surface area contributed by atoms with E-state index in [1.54, 1.807) is 53.7 Å². The minimum absolute atomic E-state index is 0.0837. The number of aromatic nitrogens is 1. The topological polar surface area (TPSA) is 131 Å². The lowest BCUT2D eigenvalue weighted by atomic mass is 9.97.